The second kappa shape index (κ2) is 14.3. The van der Waals surface area contributed by atoms with Crippen molar-refractivity contribution in [1.82, 2.24) is 9.13 Å². The number of thiazole rings is 1. The molecular formula is C41H35N3O5S. The molecule has 0 unspecified atom stereocenters. The summed E-state index contributed by atoms with van der Waals surface area (Å²) in [5.41, 5.74) is 6.47. The van der Waals surface area contributed by atoms with E-state index in [0.717, 1.165) is 33.8 Å². The minimum atomic E-state index is -0.793. The molecule has 0 bridgehead atoms. The van der Waals surface area contributed by atoms with Gasteiger partial charge in [0.1, 0.15) is 0 Å². The van der Waals surface area contributed by atoms with Gasteiger partial charge in [0.15, 0.2) is 16.3 Å². The van der Waals surface area contributed by atoms with E-state index in [1.807, 2.05) is 86.7 Å². The Balaban J connectivity index is 1.47. The predicted molar refractivity (Wildman–Crippen MR) is 197 cm³/mol. The van der Waals surface area contributed by atoms with Crippen molar-refractivity contribution in [2.45, 2.75) is 19.9 Å². The Kier molecular flexibility index (Phi) is 9.31. The van der Waals surface area contributed by atoms with Gasteiger partial charge in [-0.05, 0) is 66.9 Å². The van der Waals surface area contributed by atoms with Crippen LogP contribution >= 0.6 is 11.3 Å². The van der Waals surface area contributed by atoms with Gasteiger partial charge >= 0.3 is 5.97 Å². The molecular weight excluding hydrogens is 647 g/mol. The van der Waals surface area contributed by atoms with Crippen LogP contribution in [0.3, 0.4) is 0 Å². The molecule has 3 heterocycles. The molecule has 1 aliphatic rings. The van der Waals surface area contributed by atoms with Crippen molar-refractivity contribution in [2.24, 2.45) is 4.99 Å². The highest BCUT2D eigenvalue weighted by atomic mass is 32.1. The quantitative estimate of drug-likeness (QED) is 0.146. The number of para-hydroxylation sites is 1. The Morgan fingerprint density at radius 3 is 2.12 bits per heavy atom. The van der Waals surface area contributed by atoms with Crippen LogP contribution in [0, 0.1) is 0 Å². The maximum Gasteiger partial charge on any atom is 0.337 e. The molecule has 0 spiro atoms. The molecule has 0 fully saturated rings. The third-order valence-electron chi connectivity index (χ3n) is 8.46. The number of esters is 1. The second-order valence-corrected chi connectivity index (χ2v) is 12.5. The molecule has 7 rings (SSSR count). The fourth-order valence-electron chi connectivity index (χ4n) is 6.33. The van der Waals surface area contributed by atoms with E-state index in [4.69, 9.17) is 14.2 Å². The lowest BCUT2D eigenvalue weighted by Gasteiger charge is -2.23. The number of nitrogens with zero attached hydrogens (tertiary/aromatic N) is 3. The van der Waals surface area contributed by atoms with Crippen molar-refractivity contribution >= 4 is 23.4 Å². The molecule has 0 amide bonds. The minimum Gasteiger partial charge on any atom is -0.490 e. The molecule has 0 saturated heterocycles. The van der Waals surface area contributed by atoms with Crippen molar-refractivity contribution in [1.29, 1.82) is 0 Å². The first-order valence-corrected chi connectivity index (χ1v) is 17.2. The van der Waals surface area contributed by atoms with Gasteiger partial charge in [-0.3, -0.25) is 9.36 Å². The molecule has 1 aliphatic heterocycles. The molecule has 0 saturated carbocycles. The average molecular weight is 682 g/mol. The maximum atomic E-state index is 14.6. The highest BCUT2D eigenvalue weighted by molar-refractivity contribution is 7.07. The van der Waals surface area contributed by atoms with E-state index in [2.05, 4.69) is 52.0 Å². The van der Waals surface area contributed by atoms with Crippen LogP contribution in [-0.4, -0.2) is 35.4 Å². The van der Waals surface area contributed by atoms with Crippen molar-refractivity contribution < 1.29 is 19.0 Å². The van der Waals surface area contributed by atoms with E-state index in [-0.39, 0.29) is 11.1 Å². The van der Waals surface area contributed by atoms with Gasteiger partial charge in [-0.1, -0.05) is 96.3 Å². The molecule has 0 aliphatic carbocycles. The molecule has 50 heavy (non-hydrogen) atoms. The van der Waals surface area contributed by atoms with Crippen molar-refractivity contribution in [3.05, 3.63) is 158 Å². The van der Waals surface area contributed by atoms with Crippen LogP contribution in [-0.2, 0) is 9.53 Å². The smallest absolute Gasteiger partial charge is 0.337 e. The molecule has 0 radical (unpaired) electrons. The largest absolute Gasteiger partial charge is 0.490 e. The lowest BCUT2D eigenvalue weighted by Crippen LogP contribution is -2.39. The molecule has 250 valence electrons. The Bertz CT molecular complexity index is 2380. The summed E-state index contributed by atoms with van der Waals surface area (Å²) in [4.78, 5) is 32.7. The van der Waals surface area contributed by atoms with Crippen LogP contribution in [0.4, 0.5) is 0 Å². The zero-order chi connectivity index (χ0) is 34.6. The van der Waals surface area contributed by atoms with Gasteiger partial charge in [0, 0.05) is 17.5 Å². The molecule has 0 N–H and O–H groups in total. The van der Waals surface area contributed by atoms with E-state index >= 15 is 0 Å². The number of carbonyl (C=O) groups excluding carboxylic acids is 1. The maximum absolute atomic E-state index is 14.6. The first-order valence-electron chi connectivity index (χ1n) is 16.4. The van der Waals surface area contributed by atoms with E-state index in [1.165, 1.54) is 24.6 Å². The van der Waals surface area contributed by atoms with E-state index in [0.29, 0.717) is 39.6 Å². The zero-order valence-electron chi connectivity index (χ0n) is 27.9. The van der Waals surface area contributed by atoms with Gasteiger partial charge in [-0.25, -0.2) is 9.79 Å². The van der Waals surface area contributed by atoms with Gasteiger partial charge in [0.25, 0.3) is 5.56 Å². The SMILES string of the molecule is CCOc1ccc([C@H]2C(C(=O)OC)=CN=c3s/c(=C/c4cc(-c5ccccc5)n(-c5ccccc5)c4-c4ccccc4)c(=O)n32)cc1OCC. The summed E-state index contributed by atoms with van der Waals surface area (Å²) < 4.78 is 21.1. The molecule has 8 nitrogen and oxygen atoms in total. The standard InChI is InChI=1S/C41H35N3O5S/c1-4-48-34-22-21-29(24-35(34)49-5-2)38-32(40(46)47-3)26-42-41-44(38)39(45)36(50-41)25-30-23-33(27-15-9-6-10-16-27)43(31-19-13-8-14-20-31)37(30)28-17-11-7-12-18-28/h6-26,38H,4-5H2,1-3H3/b36-25+/t38-/m0/s1. The normalized spacial score (nSPS) is 14.0. The number of benzene rings is 4. The summed E-state index contributed by atoms with van der Waals surface area (Å²) in [7, 11) is 1.32. The van der Waals surface area contributed by atoms with Crippen molar-refractivity contribution in [2.75, 3.05) is 20.3 Å². The summed E-state index contributed by atoms with van der Waals surface area (Å²) in [6, 6.07) is 37.4. The third kappa shape index (κ3) is 6.08. The summed E-state index contributed by atoms with van der Waals surface area (Å²) >= 11 is 1.28. The van der Waals surface area contributed by atoms with Gasteiger partial charge < -0.3 is 18.8 Å². The summed E-state index contributed by atoms with van der Waals surface area (Å²) in [5, 5.41) is 0. The van der Waals surface area contributed by atoms with Crippen LogP contribution in [0.2, 0.25) is 0 Å². The van der Waals surface area contributed by atoms with Crippen LogP contribution < -0.4 is 24.4 Å². The molecule has 4 aromatic carbocycles. The van der Waals surface area contributed by atoms with Crippen LogP contribution in [0.5, 0.6) is 11.5 Å². The first kappa shape index (κ1) is 32.6. The lowest BCUT2D eigenvalue weighted by atomic mass is 9.97. The Morgan fingerprint density at radius 2 is 1.46 bits per heavy atom. The van der Waals surface area contributed by atoms with E-state index in [9.17, 15) is 9.59 Å². The molecule has 1 atom stereocenters. The van der Waals surface area contributed by atoms with Crippen LogP contribution in [0.15, 0.2) is 137 Å². The minimum absolute atomic E-state index is 0.240. The fourth-order valence-corrected chi connectivity index (χ4v) is 7.29. The highest BCUT2D eigenvalue weighted by Gasteiger charge is 2.32. The van der Waals surface area contributed by atoms with Gasteiger partial charge in [0.2, 0.25) is 0 Å². The number of methoxy groups -OCH3 is 1. The Morgan fingerprint density at radius 1 is 0.820 bits per heavy atom. The highest BCUT2D eigenvalue weighted by Crippen LogP contribution is 2.37. The predicted octanol–water partition coefficient (Wildman–Crippen LogP) is 6.94. The monoisotopic (exact) mass is 681 g/mol. The number of ether oxygens (including phenoxy) is 3. The number of rotatable bonds is 10. The molecule has 6 aromatic rings. The van der Waals surface area contributed by atoms with Gasteiger partial charge in [0.05, 0.1) is 47.9 Å². The topological polar surface area (TPSA) is 84.0 Å². The third-order valence-corrected chi connectivity index (χ3v) is 9.45. The number of carbonyl (C=O) groups is 1. The number of hydrogen-bond acceptors (Lipinski definition) is 7. The van der Waals surface area contributed by atoms with Gasteiger partial charge in [-0.2, -0.15) is 0 Å². The second-order valence-electron chi connectivity index (χ2n) is 11.5. The molecule has 2 aromatic heterocycles. The lowest BCUT2D eigenvalue weighted by molar-refractivity contribution is -0.136. The Labute approximate surface area is 293 Å². The summed E-state index contributed by atoms with van der Waals surface area (Å²) in [6.45, 7) is 4.68. The number of aromatic nitrogens is 2. The average Bonchev–Trinajstić information content (AvgIpc) is 3.70. The summed E-state index contributed by atoms with van der Waals surface area (Å²) in [5.74, 6) is 0.539. The van der Waals surface area contributed by atoms with E-state index < -0.39 is 12.0 Å². The van der Waals surface area contributed by atoms with E-state index in [1.54, 1.807) is 10.6 Å². The number of hydrogen-bond donors (Lipinski definition) is 0. The summed E-state index contributed by atoms with van der Waals surface area (Å²) in [6.07, 6.45) is 3.43. The van der Waals surface area contributed by atoms with Gasteiger partial charge in [-0.15, -0.1) is 0 Å². The number of fused-ring (bicyclic) bond motifs is 1. The Hall–Kier alpha value is -5.93. The van der Waals surface area contributed by atoms with Crippen molar-refractivity contribution in [3.63, 3.8) is 0 Å². The van der Waals surface area contributed by atoms with Crippen molar-refractivity contribution in [3.8, 4) is 39.7 Å². The first-order chi connectivity index (χ1) is 24.5. The fraction of sp³-hybridized carbons (Fsp3) is 0.146. The van der Waals surface area contributed by atoms with Crippen LogP contribution in [0.1, 0.15) is 31.0 Å². The van der Waals surface area contributed by atoms with Crippen LogP contribution in [0.25, 0.3) is 34.3 Å². The zero-order valence-corrected chi connectivity index (χ0v) is 28.7. The molecule has 9 heteroatoms.